The maximum absolute atomic E-state index is 7.34. The average molecular weight is 126 g/mol. The van der Waals surface area contributed by atoms with Crippen LogP contribution in [0.25, 0.3) is 0 Å². The number of nitrogens with one attached hydrogen (secondary N) is 1. The number of hydrogen-bond acceptors (Lipinski definition) is 2. The van der Waals surface area contributed by atoms with E-state index in [0.29, 0.717) is 5.71 Å². The number of hydrogen-bond donors (Lipinski definition) is 2. The summed E-state index contributed by atoms with van der Waals surface area (Å²) in [5.41, 5.74) is 7.75. The second-order valence-electron chi connectivity index (χ2n) is 2.14. The lowest BCUT2D eigenvalue weighted by molar-refractivity contribution is 1.18. The van der Waals surface area contributed by atoms with E-state index in [-0.39, 0.29) is 0 Å². The predicted molar refractivity (Wildman–Crippen MR) is 40.6 cm³/mol. The molecule has 0 saturated carbocycles. The second kappa shape index (κ2) is 3.28. The zero-order valence-electron chi connectivity index (χ0n) is 6.28. The first kappa shape index (κ1) is 8.21. The molecule has 0 saturated heterocycles. The molecule has 0 aliphatic carbocycles. The quantitative estimate of drug-likeness (QED) is 0.543. The molecule has 0 aliphatic rings. The molecule has 0 aromatic rings. The molecule has 0 rings (SSSR count). The SMILES string of the molecule is CCC(=N)C(C)=C(C)N. The highest BCUT2D eigenvalue weighted by Crippen LogP contribution is 2.00. The van der Waals surface area contributed by atoms with Gasteiger partial charge in [-0.2, -0.15) is 0 Å². The topological polar surface area (TPSA) is 49.9 Å². The van der Waals surface area contributed by atoms with E-state index < -0.39 is 0 Å². The van der Waals surface area contributed by atoms with Crippen molar-refractivity contribution in [1.82, 2.24) is 0 Å². The third kappa shape index (κ3) is 2.31. The van der Waals surface area contributed by atoms with Crippen LogP contribution in [-0.4, -0.2) is 5.71 Å². The van der Waals surface area contributed by atoms with E-state index in [9.17, 15) is 0 Å². The minimum Gasteiger partial charge on any atom is -0.402 e. The summed E-state index contributed by atoms with van der Waals surface area (Å²) in [5.74, 6) is 0. The Morgan fingerprint density at radius 2 is 1.89 bits per heavy atom. The molecule has 0 bridgehead atoms. The number of nitrogens with two attached hydrogens (primary N) is 1. The van der Waals surface area contributed by atoms with Gasteiger partial charge in [0.15, 0.2) is 0 Å². The van der Waals surface area contributed by atoms with Gasteiger partial charge in [-0.15, -0.1) is 0 Å². The lowest BCUT2D eigenvalue weighted by Gasteiger charge is -2.01. The van der Waals surface area contributed by atoms with Gasteiger partial charge in [0.1, 0.15) is 0 Å². The molecular formula is C7H14N2. The van der Waals surface area contributed by atoms with Crippen molar-refractivity contribution in [2.75, 3.05) is 0 Å². The molecule has 2 heteroatoms. The third-order valence-corrected chi connectivity index (χ3v) is 1.40. The molecule has 0 atom stereocenters. The Balaban J connectivity index is 4.21. The molecule has 0 aliphatic heterocycles. The standard InChI is InChI=1S/C7H14N2/c1-4-7(9)5(2)6(3)8/h9H,4,8H2,1-3H3. The molecule has 0 spiro atoms. The van der Waals surface area contributed by atoms with Crippen molar-refractivity contribution >= 4 is 5.71 Å². The zero-order chi connectivity index (χ0) is 7.44. The van der Waals surface area contributed by atoms with Gasteiger partial charge < -0.3 is 11.1 Å². The molecule has 0 amide bonds. The Kier molecular flexibility index (Phi) is 2.99. The van der Waals surface area contributed by atoms with E-state index >= 15 is 0 Å². The molecule has 0 fully saturated rings. The van der Waals surface area contributed by atoms with Crippen molar-refractivity contribution in [2.24, 2.45) is 5.73 Å². The summed E-state index contributed by atoms with van der Waals surface area (Å²) in [6.07, 6.45) is 0.764. The van der Waals surface area contributed by atoms with Gasteiger partial charge in [-0.25, -0.2) is 0 Å². The van der Waals surface area contributed by atoms with E-state index in [4.69, 9.17) is 11.1 Å². The van der Waals surface area contributed by atoms with E-state index in [1.165, 1.54) is 0 Å². The molecule has 0 radical (unpaired) electrons. The fourth-order valence-electron chi connectivity index (χ4n) is 0.503. The van der Waals surface area contributed by atoms with E-state index in [1.807, 2.05) is 20.8 Å². The van der Waals surface area contributed by atoms with Crippen LogP contribution >= 0.6 is 0 Å². The largest absolute Gasteiger partial charge is 0.402 e. The molecule has 3 N–H and O–H groups in total. The maximum Gasteiger partial charge on any atom is 0.0357 e. The normalized spacial score (nSPS) is 12.8. The van der Waals surface area contributed by atoms with Crippen LogP contribution in [0.5, 0.6) is 0 Å². The van der Waals surface area contributed by atoms with Gasteiger partial charge in [-0.1, -0.05) is 6.92 Å². The Labute approximate surface area is 56.3 Å². The molecule has 2 nitrogen and oxygen atoms in total. The Morgan fingerprint density at radius 1 is 1.44 bits per heavy atom. The van der Waals surface area contributed by atoms with Gasteiger partial charge in [0.25, 0.3) is 0 Å². The van der Waals surface area contributed by atoms with Crippen molar-refractivity contribution in [3.63, 3.8) is 0 Å². The lowest BCUT2D eigenvalue weighted by atomic mass is 10.1. The van der Waals surface area contributed by atoms with Crippen molar-refractivity contribution in [3.8, 4) is 0 Å². The van der Waals surface area contributed by atoms with Crippen molar-refractivity contribution in [1.29, 1.82) is 5.41 Å². The van der Waals surface area contributed by atoms with Gasteiger partial charge in [0.05, 0.1) is 0 Å². The smallest absolute Gasteiger partial charge is 0.0357 e. The summed E-state index contributed by atoms with van der Waals surface area (Å²) in [6.45, 7) is 5.65. The van der Waals surface area contributed by atoms with Crippen molar-refractivity contribution < 1.29 is 0 Å². The summed E-state index contributed by atoms with van der Waals surface area (Å²) >= 11 is 0. The minimum absolute atomic E-state index is 0.634. The average Bonchev–Trinajstić information content (AvgIpc) is 1.84. The fourth-order valence-corrected chi connectivity index (χ4v) is 0.503. The first-order chi connectivity index (χ1) is 4.09. The number of allylic oxidation sites excluding steroid dienone is 2. The van der Waals surface area contributed by atoms with E-state index in [0.717, 1.165) is 17.7 Å². The van der Waals surface area contributed by atoms with Crippen molar-refractivity contribution in [3.05, 3.63) is 11.3 Å². The van der Waals surface area contributed by atoms with Gasteiger partial charge in [0, 0.05) is 11.4 Å². The van der Waals surface area contributed by atoms with Crippen molar-refractivity contribution in [2.45, 2.75) is 27.2 Å². The van der Waals surface area contributed by atoms with Gasteiger partial charge >= 0.3 is 0 Å². The fraction of sp³-hybridized carbons (Fsp3) is 0.571. The first-order valence-corrected chi connectivity index (χ1v) is 3.10. The van der Waals surface area contributed by atoms with Crippen LogP contribution in [0.2, 0.25) is 0 Å². The van der Waals surface area contributed by atoms with Crippen LogP contribution in [0.4, 0.5) is 0 Å². The summed E-state index contributed by atoms with van der Waals surface area (Å²) in [7, 11) is 0. The molecule has 9 heavy (non-hydrogen) atoms. The molecule has 0 heterocycles. The van der Waals surface area contributed by atoms with E-state index in [2.05, 4.69) is 0 Å². The monoisotopic (exact) mass is 126 g/mol. The zero-order valence-corrected chi connectivity index (χ0v) is 6.28. The van der Waals surface area contributed by atoms with E-state index in [1.54, 1.807) is 0 Å². The van der Waals surface area contributed by atoms with Crippen LogP contribution in [0.3, 0.4) is 0 Å². The van der Waals surface area contributed by atoms with Gasteiger partial charge in [0.2, 0.25) is 0 Å². The van der Waals surface area contributed by atoms with Crippen LogP contribution in [0.15, 0.2) is 11.3 Å². The lowest BCUT2D eigenvalue weighted by Crippen LogP contribution is -2.03. The minimum atomic E-state index is 0.634. The summed E-state index contributed by atoms with van der Waals surface area (Å²) in [6, 6.07) is 0. The number of rotatable bonds is 2. The highest BCUT2D eigenvalue weighted by Gasteiger charge is 1.96. The Bertz CT molecular complexity index is 141. The van der Waals surface area contributed by atoms with Gasteiger partial charge in [-0.3, -0.25) is 0 Å². The summed E-state index contributed by atoms with van der Waals surface area (Å²) in [4.78, 5) is 0. The van der Waals surface area contributed by atoms with Crippen LogP contribution < -0.4 is 5.73 Å². The molecule has 0 aromatic heterocycles. The Morgan fingerprint density at radius 3 is 2.00 bits per heavy atom. The second-order valence-corrected chi connectivity index (χ2v) is 2.14. The third-order valence-electron chi connectivity index (χ3n) is 1.40. The summed E-state index contributed by atoms with van der Waals surface area (Å²) < 4.78 is 0. The molecule has 0 unspecified atom stereocenters. The van der Waals surface area contributed by atoms with Crippen LogP contribution in [-0.2, 0) is 0 Å². The predicted octanol–water partition coefficient (Wildman–Crippen LogP) is 1.67. The highest BCUT2D eigenvalue weighted by molar-refractivity contribution is 5.97. The highest BCUT2D eigenvalue weighted by atomic mass is 14.6. The summed E-state index contributed by atoms with van der Waals surface area (Å²) in [5, 5.41) is 7.34. The van der Waals surface area contributed by atoms with Gasteiger partial charge in [-0.05, 0) is 25.8 Å². The Hall–Kier alpha value is -0.790. The molecule has 52 valence electrons. The van der Waals surface area contributed by atoms with Crippen LogP contribution in [0, 0.1) is 5.41 Å². The maximum atomic E-state index is 7.34. The first-order valence-electron chi connectivity index (χ1n) is 3.10. The molecular weight excluding hydrogens is 112 g/mol. The van der Waals surface area contributed by atoms with Crippen LogP contribution in [0.1, 0.15) is 27.2 Å². The molecule has 0 aromatic carbocycles.